The highest BCUT2D eigenvalue weighted by atomic mass is 16.5. The van der Waals surface area contributed by atoms with Gasteiger partial charge in [-0.2, -0.15) is 0 Å². The highest BCUT2D eigenvalue weighted by molar-refractivity contribution is 5.80. The number of ether oxygens (including phenoxy) is 1. The van der Waals surface area contributed by atoms with Gasteiger partial charge < -0.3 is 14.6 Å². The summed E-state index contributed by atoms with van der Waals surface area (Å²) in [5, 5.41) is 3.00. The molecule has 1 aliphatic rings. The van der Waals surface area contributed by atoms with Gasteiger partial charge in [0.15, 0.2) is 0 Å². The summed E-state index contributed by atoms with van der Waals surface area (Å²) in [6, 6.07) is 15.8. The summed E-state index contributed by atoms with van der Waals surface area (Å²) >= 11 is 0. The van der Waals surface area contributed by atoms with Crippen molar-refractivity contribution in [3.63, 3.8) is 0 Å². The summed E-state index contributed by atoms with van der Waals surface area (Å²) in [6.45, 7) is 1.48. The molecule has 0 bridgehead atoms. The van der Waals surface area contributed by atoms with Crippen molar-refractivity contribution in [3.05, 3.63) is 60.4 Å². The second-order valence-corrected chi connectivity index (χ2v) is 5.71. The van der Waals surface area contributed by atoms with Gasteiger partial charge in [0.05, 0.1) is 24.0 Å². The molecule has 0 aliphatic carbocycles. The number of nitrogens with zero attached hydrogens (tertiary/aromatic N) is 2. The zero-order valence-electron chi connectivity index (χ0n) is 12.6. The molecule has 0 radical (unpaired) electrons. The smallest absolute Gasteiger partial charge is 0.240 e. The number of hydrogen-bond donors (Lipinski definition) is 1. The van der Waals surface area contributed by atoms with Gasteiger partial charge in [-0.15, -0.1) is 0 Å². The molecule has 116 valence electrons. The minimum Gasteiger partial charge on any atom is -0.493 e. The molecule has 1 aromatic heterocycles. The number of aromatic nitrogens is 2. The van der Waals surface area contributed by atoms with Crippen LogP contribution in [0.4, 0.5) is 0 Å². The Kier molecular flexibility index (Phi) is 3.46. The van der Waals surface area contributed by atoms with Gasteiger partial charge in [0, 0.05) is 18.0 Å². The summed E-state index contributed by atoms with van der Waals surface area (Å²) in [5.41, 5.74) is 3.04. The Morgan fingerprint density at radius 2 is 2.04 bits per heavy atom. The number of rotatable bonds is 4. The van der Waals surface area contributed by atoms with E-state index in [1.165, 1.54) is 5.56 Å². The average molecular weight is 307 g/mol. The van der Waals surface area contributed by atoms with Crippen molar-refractivity contribution < 1.29 is 9.53 Å². The Hall–Kier alpha value is -2.82. The number of benzene rings is 2. The molecule has 1 atom stereocenters. The van der Waals surface area contributed by atoms with Crippen LogP contribution in [0.3, 0.4) is 0 Å². The van der Waals surface area contributed by atoms with Gasteiger partial charge in [0.25, 0.3) is 0 Å². The van der Waals surface area contributed by atoms with Crippen molar-refractivity contribution in [3.8, 4) is 5.75 Å². The molecule has 2 heterocycles. The molecule has 2 aromatic carbocycles. The minimum atomic E-state index is -0.0162. The third kappa shape index (κ3) is 2.65. The van der Waals surface area contributed by atoms with E-state index in [1.807, 2.05) is 47.0 Å². The van der Waals surface area contributed by atoms with Crippen LogP contribution in [0.15, 0.2) is 54.9 Å². The van der Waals surface area contributed by atoms with Crippen LogP contribution in [0.2, 0.25) is 0 Å². The lowest BCUT2D eigenvalue weighted by Gasteiger charge is -2.11. The standard InChI is InChI=1S/C18H17N3O2/c22-18(10-21-12-20-15-6-2-3-7-16(15)21)19-9-13-11-23-17-8-4-1-5-14(13)17/h1-8,12-13H,9-11H2,(H,19,22)/t13-/m1/s1. The van der Waals surface area contributed by atoms with Crippen molar-refractivity contribution in [2.24, 2.45) is 0 Å². The maximum atomic E-state index is 12.2. The number of amides is 1. The molecule has 5 nitrogen and oxygen atoms in total. The Labute approximate surface area is 133 Å². The van der Waals surface area contributed by atoms with Crippen molar-refractivity contribution in [1.29, 1.82) is 0 Å². The van der Waals surface area contributed by atoms with Gasteiger partial charge in [-0.05, 0) is 18.2 Å². The van der Waals surface area contributed by atoms with E-state index in [0.29, 0.717) is 13.2 Å². The molecule has 3 aromatic rings. The van der Waals surface area contributed by atoms with Crippen molar-refractivity contribution in [1.82, 2.24) is 14.9 Å². The van der Waals surface area contributed by atoms with Gasteiger partial charge in [-0.25, -0.2) is 4.98 Å². The average Bonchev–Trinajstić information content (AvgIpc) is 3.18. The SMILES string of the molecule is O=C(Cn1cnc2ccccc21)NC[C@@H]1COc2ccccc21. The monoisotopic (exact) mass is 307 g/mol. The first kappa shape index (κ1) is 13.8. The first-order chi connectivity index (χ1) is 11.3. The van der Waals surface area contributed by atoms with Crippen LogP contribution in [0.1, 0.15) is 11.5 Å². The number of imidazole rings is 1. The molecule has 1 amide bonds. The molecule has 4 rings (SSSR count). The minimum absolute atomic E-state index is 0.0162. The van der Waals surface area contributed by atoms with E-state index in [-0.39, 0.29) is 18.4 Å². The third-order valence-electron chi connectivity index (χ3n) is 4.19. The molecule has 5 heteroatoms. The van der Waals surface area contributed by atoms with Crippen molar-refractivity contribution >= 4 is 16.9 Å². The Bertz CT molecular complexity index is 856. The quantitative estimate of drug-likeness (QED) is 0.805. The van der Waals surface area contributed by atoms with Gasteiger partial charge in [0.2, 0.25) is 5.91 Å². The second-order valence-electron chi connectivity index (χ2n) is 5.71. The van der Waals surface area contributed by atoms with Crippen LogP contribution in [0.25, 0.3) is 11.0 Å². The molecular formula is C18H17N3O2. The molecule has 1 aliphatic heterocycles. The van der Waals surface area contributed by atoms with Gasteiger partial charge in [-0.3, -0.25) is 4.79 Å². The number of hydrogen-bond acceptors (Lipinski definition) is 3. The van der Waals surface area contributed by atoms with E-state index in [0.717, 1.165) is 16.8 Å². The molecular weight excluding hydrogens is 290 g/mol. The Morgan fingerprint density at radius 3 is 3.00 bits per heavy atom. The first-order valence-corrected chi connectivity index (χ1v) is 7.69. The fourth-order valence-electron chi connectivity index (χ4n) is 2.98. The normalized spacial score (nSPS) is 16.1. The van der Waals surface area contributed by atoms with E-state index >= 15 is 0 Å². The van der Waals surface area contributed by atoms with Gasteiger partial charge in [0.1, 0.15) is 12.3 Å². The lowest BCUT2D eigenvalue weighted by Crippen LogP contribution is -2.31. The van der Waals surface area contributed by atoms with E-state index in [9.17, 15) is 4.79 Å². The van der Waals surface area contributed by atoms with Crippen molar-refractivity contribution in [2.45, 2.75) is 12.5 Å². The zero-order valence-corrected chi connectivity index (χ0v) is 12.6. The lowest BCUT2D eigenvalue weighted by atomic mass is 10.0. The molecule has 1 N–H and O–H groups in total. The fourth-order valence-corrected chi connectivity index (χ4v) is 2.98. The predicted octanol–water partition coefficient (Wildman–Crippen LogP) is 2.33. The van der Waals surface area contributed by atoms with Gasteiger partial charge in [-0.1, -0.05) is 30.3 Å². The highest BCUT2D eigenvalue weighted by Gasteiger charge is 2.23. The summed E-state index contributed by atoms with van der Waals surface area (Å²) < 4.78 is 7.51. The van der Waals surface area contributed by atoms with Crippen LogP contribution in [-0.2, 0) is 11.3 Å². The lowest BCUT2D eigenvalue weighted by molar-refractivity contribution is -0.121. The topological polar surface area (TPSA) is 56.2 Å². The highest BCUT2D eigenvalue weighted by Crippen LogP contribution is 2.32. The van der Waals surface area contributed by atoms with E-state index in [4.69, 9.17) is 4.74 Å². The molecule has 0 saturated heterocycles. The molecule has 0 saturated carbocycles. The van der Waals surface area contributed by atoms with Crippen LogP contribution in [0.5, 0.6) is 5.75 Å². The first-order valence-electron chi connectivity index (χ1n) is 7.69. The predicted molar refractivity (Wildman–Crippen MR) is 87.4 cm³/mol. The number of carbonyl (C=O) groups is 1. The number of fused-ring (bicyclic) bond motifs is 2. The molecule has 23 heavy (non-hydrogen) atoms. The number of carbonyl (C=O) groups excluding carboxylic acids is 1. The third-order valence-corrected chi connectivity index (χ3v) is 4.19. The molecule has 0 fully saturated rings. The fraction of sp³-hybridized carbons (Fsp3) is 0.222. The van der Waals surface area contributed by atoms with Crippen LogP contribution in [-0.4, -0.2) is 28.6 Å². The molecule has 0 spiro atoms. The van der Waals surface area contributed by atoms with E-state index in [2.05, 4.69) is 16.4 Å². The zero-order chi connectivity index (χ0) is 15.6. The van der Waals surface area contributed by atoms with Crippen molar-refractivity contribution in [2.75, 3.05) is 13.2 Å². The summed E-state index contributed by atoms with van der Waals surface area (Å²) in [5.74, 6) is 1.12. The van der Waals surface area contributed by atoms with E-state index in [1.54, 1.807) is 6.33 Å². The van der Waals surface area contributed by atoms with Crippen LogP contribution < -0.4 is 10.1 Å². The summed E-state index contributed by atoms with van der Waals surface area (Å²) in [4.78, 5) is 16.5. The second kappa shape index (κ2) is 5.76. The number of para-hydroxylation sites is 3. The summed E-state index contributed by atoms with van der Waals surface area (Å²) in [6.07, 6.45) is 1.71. The summed E-state index contributed by atoms with van der Waals surface area (Å²) in [7, 11) is 0. The number of nitrogens with one attached hydrogen (secondary N) is 1. The maximum Gasteiger partial charge on any atom is 0.240 e. The van der Waals surface area contributed by atoms with Gasteiger partial charge >= 0.3 is 0 Å². The molecule has 0 unspecified atom stereocenters. The van der Waals surface area contributed by atoms with Crippen LogP contribution in [0, 0.1) is 0 Å². The van der Waals surface area contributed by atoms with Crippen LogP contribution >= 0.6 is 0 Å². The Morgan fingerprint density at radius 1 is 1.22 bits per heavy atom. The maximum absolute atomic E-state index is 12.2. The van der Waals surface area contributed by atoms with E-state index < -0.39 is 0 Å². The largest absolute Gasteiger partial charge is 0.493 e. The Balaban J connectivity index is 1.40.